The van der Waals surface area contributed by atoms with E-state index in [0.29, 0.717) is 0 Å². The minimum Gasteiger partial charge on any atom is -0.355 e. The number of aryl methyl sites for hydroxylation is 1. The summed E-state index contributed by atoms with van der Waals surface area (Å²) >= 11 is 0. The van der Waals surface area contributed by atoms with Crippen LogP contribution in [0.5, 0.6) is 0 Å². The first kappa shape index (κ1) is 13.6. The van der Waals surface area contributed by atoms with Crippen molar-refractivity contribution in [3.05, 3.63) is 59.3 Å². The van der Waals surface area contributed by atoms with Gasteiger partial charge in [-0.2, -0.15) is 0 Å². The summed E-state index contributed by atoms with van der Waals surface area (Å²) in [5.74, 6) is 0.955. The largest absolute Gasteiger partial charge is 0.355 e. The van der Waals surface area contributed by atoms with Gasteiger partial charge in [-0.3, -0.25) is 0 Å². The van der Waals surface area contributed by atoms with Gasteiger partial charge in [0.1, 0.15) is 5.82 Å². The maximum atomic E-state index is 5.91. The molecule has 3 nitrogen and oxygen atoms in total. The topological polar surface area (TPSA) is 42.1 Å². The molecule has 0 saturated heterocycles. The summed E-state index contributed by atoms with van der Waals surface area (Å²) < 4.78 is 0. The first-order valence-electron chi connectivity index (χ1n) is 6.54. The average molecular weight is 255 g/mol. The lowest BCUT2D eigenvalue weighted by Crippen LogP contribution is -2.18. The van der Waals surface area contributed by atoms with E-state index < -0.39 is 0 Å². The van der Waals surface area contributed by atoms with Crippen molar-refractivity contribution in [2.45, 2.75) is 26.4 Å². The third-order valence-electron chi connectivity index (χ3n) is 3.19. The van der Waals surface area contributed by atoms with E-state index in [9.17, 15) is 0 Å². The summed E-state index contributed by atoms with van der Waals surface area (Å²) in [4.78, 5) is 6.55. The van der Waals surface area contributed by atoms with Gasteiger partial charge in [0.25, 0.3) is 0 Å². The van der Waals surface area contributed by atoms with Gasteiger partial charge in [-0.05, 0) is 37.1 Å². The molecule has 0 spiro atoms. The van der Waals surface area contributed by atoms with E-state index in [2.05, 4.69) is 54.2 Å². The molecule has 100 valence electrons. The number of nitrogens with two attached hydrogens (primary N) is 1. The number of hydrogen-bond donors (Lipinski definition) is 1. The summed E-state index contributed by atoms with van der Waals surface area (Å²) in [5.41, 5.74) is 9.59. The number of aromatic nitrogens is 1. The third-order valence-corrected chi connectivity index (χ3v) is 3.19. The van der Waals surface area contributed by atoms with Crippen LogP contribution in [0.4, 0.5) is 5.82 Å². The van der Waals surface area contributed by atoms with Gasteiger partial charge in [-0.1, -0.05) is 29.8 Å². The molecule has 1 heterocycles. The zero-order valence-electron chi connectivity index (χ0n) is 11.8. The lowest BCUT2D eigenvalue weighted by molar-refractivity contribution is 0.809. The van der Waals surface area contributed by atoms with Gasteiger partial charge in [0, 0.05) is 25.8 Å². The van der Waals surface area contributed by atoms with Crippen molar-refractivity contribution in [1.29, 1.82) is 0 Å². The number of hydrogen-bond acceptors (Lipinski definition) is 3. The van der Waals surface area contributed by atoms with E-state index in [1.54, 1.807) is 0 Å². The second kappa shape index (κ2) is 5.85. The van der Waals surface area contributed by atoms with E-state index in [4.69, 9.17) is 5.73 Å². The van der Waals surface area contributed by atoms with Crippen molar-refractivity contribution in [3.8, 4) is 0 Å². The second-order valence-corrected chi connectivity index (χ2v) is 5.08. The molecule has 0 aliphatic heterocycles. The zero-order valence-corrected chi connectivity index (χ0v) is 11.8. The quantitative estimate of drug-likeness (QED) is 0.913. The van der Waals surface area contributed by atoms with Gasteiger partial charge in [0.05, 0.1) is 0 Å². The molecule has 0 saturated carbocycles. The monoisotopic (exact) mass is 255 g/mol. The first-order valence-corrected chi connectivity index (χ1v) is 6.54. The van der Waals surface area contributed by atoms with Crippen LogP contribution in [0.25, 0.3) is 0 Å². The number of pyridine rings is 1. The van der Waals surface area contributed by atoms with Crippen molar-refractivity contribution in [2.24, 2.45) is 5.73 Å². The molecule has 0 aliphatic rings. The predicted molar refractivity (Wildman–Crippen MR) is 80.1 cm³/mol. The van der Waals surface area contributed by atoms with Crippen LogP contribution in [0.2, 0.25) is 0 Å². The van der Waals surface area contributed by atoms with E-state index in [1.165, 1.54) is 11.1 Å². The molecule has 1 aromatic carbocycles. The second-order valence-electron chi connectivity index (χ2n) is 5.08. The van der Waals surface area contributed by atoms with E-state index in [0.717, 1.165) is 17.9 Å². The Kier molecular flexibility index (Phi) is 4.17. The Morgan fingerprint density at radius 3 is 2.74 bits per heavy atom. The highest BCUT2D eigenvalue weighted by Gasteiger charge is 2.06. The Hall–Kier alpha value is -1.87. The Morgan fingerprint density at radius 2 is 2.05 bits per heavy atom. The molecule has 0 fully saturated rings. The number of nitrogens with zero attached hydrogens (tertiary/aromatic N) is 2. The lowest BCUT2D eigenvalue weighted by Gasteiger charge is -2.19. The molecule has 0 aliphatic carbocycles. The molecule has 3 heteroatoms. The maximum absolute atomic E-state index is 5.91. The Labute approximate surface area is 115 Å². The van der Waals surface area contributed by atoms with Crippen LogP contribution in [0, 0.1) is 6.92 Å². The smallest absolute Gasteiger partial charge is 0.128 e. The fourth-order valence-corrected chi connectivity index (χ4v) is 2.09. The fourth-order valence-electron chi connectivity index (χ4n) is 2.09. The van der Waals surface area contributed by atoms with Gasteiger partial charge in [-0.15, -0.1) is 0 Å². The summed E-state index contributed by atoms with van der Waals surface area (Å²) in [6.45, 7) is 4.94. The molecule has 1 aromatic heterocycles. The molecule has 2 aromatic rings. The highest BCUT2D eigenvalue weighted by atomic mass is 15.2. The van der Waals surface area contributed by atoms with Crippen molar-refractivity contribution in [3.63, 3.8) is 0 Å². The summed E-state index contributed by atoms with van der Waals surface area (Å²) in [6, 6.07) is 12.6. The van der Waals surface area contributed by atoms with E-state index in [1.807, 2.05) is 19.2 Å². The molecular formula is C16H21N3. The number of anilines is 1. The standard InChI is InChI=1S/C16H21N3/c1-12-5-4-6-14(9-12)11-19(3)16-10-15(13(2)17)7-8-18-16/h4-10,13H,11,17H2,1-3H3/t13-/m0/s1. The summed E-state index contributed by atoms with van der Waals surface area (Å²) in [6.07, 6.45) is 1.82. The molecule has 0 unspecified atom stereocenters. The van der Waals surface area contributed by atoms with Gasteiger partial charge in [-0.25, -0.2) is 4.98 Å². The SMILES string of the molecule is Cc1cccc(CN(C)c2cc([C@H](C)N)ccn2)c1. The van der Waals surface area contributed by atoms with Crippen LogP contribution in [-0.4, -0.2) is 12.0 Å². The van der Waals surface area contributed by atoms with Crippen LogP contribution in [0.1, 0.15) is 29.7 Å². The van der Waals surface area contributed by atoms with Crippen LogP contribution in [-0.2, 0) is 6.54 Å². The molecular weight excluding hydrogens is 234 g/mol. The minimum absolute atomic E-state index is 0.0362. The zero-order chi connectivity index (χ0) is 13.8. The van der Waals surface area contributed by atoms with Gasteiger partial charge in [0.15, 0.2) is 0 Å². The van der Waals surface area contributed by atoms with Crippen LogP contribution >= 0.6 is 0 Å². The van der Waals surface area contributed by atoms with E-state index in [-0.39, 0.29) is 6.04 Å². The summed E-state index contributed by atoms with van der Waals surface area (Å²) in [7, 11) is 2.05. The first-order chi connectivity index (χ1) is 9.06. The minimum atomic E-state index is 0.0362. The fraction of sp³-hybridized carbons (Fsp3) is 0.312. The van der Waals surface area contributed by atoms with Gasteiger partial charge >= 0.3 is 0 Å². The van der Waals surface area contributed by atoms with Crippen LogP contribution < -0.4 is 10.6 Å². The third kappa shape index (κ3) is 3.55. The van der Waals surface area contributed by atoms with Crippen LogP contribution in [0.3, 0.4) is 0 Å². The molecule has 0 radical (unpaired) electrons. The number of rotatable bonds is 4. The van der Waals surface area contributed by atoms with Gasteiger partial charge in [0.2, 0.25) is 0 Å². The Bertz CT molecular complexity index is 549. The molecule has 2 N–H and O–H groups in total. The average Bonchev–Trinajstić information content (AvgIpc) is 2.39. The normalized spacial score (nSPS) is 12.2. The van der Waals surface area contributed by atoms with Crippen molar-refractivity contribution in [2.75, 3.05) is 11.9 Å². The Morgan fingerprint density at radius 1 is 1.26 bits per heavy atom. The van der Waals surface area contributed by atoms with Crippen molar-refractivity contribution < 1.29 is 0 Å². The van der Waals surface area contributed by atoms with Crippen LogP contribution in [0.15, 0.2) is 42.6 Å². The highest BCUT2D eigenvalue weighted by molar-refractivity contribution is 5.42. The maximum Gasteiger partial charge on any atom is 0.128 e. The predicted octanol–water partition coefficient (Wildman–Crippen LogP) is 3.05. The van der Waals surface area contributed by atoms with Crippen molar-refractivity contribution in [1.82, 2.24) is 4.98 Å². The van der Waals surface area contributed by atoms with Crippen molar-refractivity contribution >= 4 is 5.82 Å². The molecule has 0 bridgehead atoms. The molecule has 1 atom stereocenters. The number of benzene rings is 1. The highest BCUT2D eigenvalue weighted by Crippen LogP contribution is 2.17. The lowest BCUT2D eigenvalue weighted by atomic mass is 10.1. The molecule has 2 rings (SSSR count). The van der Waals surface area contributed by atoms with Gasteiger partial charge < -0.3 is 10.6 Å². The molecule has 0 amide bonds. The Balaban J connectivity index is 2.15. The van der Waals surface area contributed by atoms with E-state index >= 15 is 0 Å². The molecule has 19 heavy (non-hydrogen) atoms. The summed E-state index contributed by atoms with van der Waals surface area (Å²) in [5, 5.41) is 0.